The second-order valence-electron chi connectivity index (χ2n) is 4.27. The van der Waals surface area contributed by atoms with Crippen molar-refractivity contribution in [3.63, 3.8) is 0 Å². The van der Waals surface area contributed by atoms with Crippen LogP contribution < -0.4 is 5.73 Å². The highest BCUT2D eigenvalue weighted by atomic mass is 79.9. The zero-order chi connectivity index (χ0) is 12.5. The van der Waals surface area contributed by atoms with E-state index >= 15 is 0 Å². The lowest BCUT2D eigenvalue weighted by Gasteiger charge is -2.22. The molecule has 90 valence electrons. The van der Waals surface area contributed by atoms with Crippen molar-refractivity contribution < 1.29 is 9.90 Å². The first-order valence-corrected chi connectivity index (χ1v) is 6.66. The van der Waals surface area contributed by atoms with Crippen LogP contribution in [0.2, 0.25) is 5.02 Å². The molecule has 1 unspecified atom stereocenters. The van der Waals surface area contributed by atoms with Gasteiger partial charge in [0.1, 0.15) is 0 Å². The van der Waals surface area contributed by atoms with Crippen LogP contribution in [0.4, 0.5) is 0 Å². The minimum absolute atomic E-state index is 0.306. The zero-order valence-electron chi connectivity index (χ0n) is 8.96. The van der Waals surface area contributed by atoms with Crippen molar-refractivity contribution in [3.05, 3.63) is 19.8 Å². The molecule has 0 fully saturated rings. The summed E-state index contributed by atoms with van der Waals surface area (Å²) in [4.78, 5) is 11.9. The van der Waals surface area contributed by atoms with Crippen molar-refractivity contribution in [2.75, 3.05) is 0 Å². The van der Waals surface area contributed by atoms with Gasteiger partial charge in [-0.1, -0.05) is 11.6 Å². The SMILES string of the molecule is CC(C)(CC(N)c1cc(Cl)c(Br)s1)C(=O)O. The van der Waals surface area contributed by atoms with Crippen molar-refractivity contribution >= 4 is 44.8 Å². The van der Waals surface area contributed by atoms with Gasteiger partial charge in [-0.3, -0.25) is 4.79 Å². The molecule has 1 heterocycles. The first-order valence-electron chi connectivity index (χ1n) is 4.68. The van der Waals surface area contributed by atoms with Gasteiger partial charge in [0.25, 0.3) is 0 Å². The second-order valence-corrected chi connectivity index (χ2v) is 7.08. The highest BCUT2D eigenvalue weighted by Crippen LogP contribution is 2.38. The number of hydrogen-bond acceptors (Lipinski definition) is 3. The van der Waals surface area contributed by atoms with Crippen LogP contribution in [-0.2, 0) is 4.79 Å². The number of carboxylic acid groups (broad SMARTS) is 1. The van der Waals surface area contributed by atoms with Gasteiger partial charge in [0.05, 0.1) is 14.2 Å². The number of rotatable bonds is 4. The fraction of sp³-hybridized carbons (Fsp3) is 0.500. The van der Waals surface area contributed by atoms with E-state index in [1.165, 1.54) is 11.3 Å². The largest absolute Gasteiger partial charge is 0.481 e. The van der Waals surface area contributed by atoms with Gasteiger partial charge in [-0.25, -0.2) is 0 Å². The summed E-state index contributed by atoms with van der Waals surface area (Å²) in [6, 6.07) is 1.47. The van der Waals surface area contributed by atoms with Crippen LogP contribution in [0.15, 0.2) is 9.85 Å². The first kappa shape index (κ1) is 14.0. The van der Waals surface area contributed by atoms with Gasteiger partial charge in [0, 0.05) is 10.9 Å². The summed E-state index contributed by atoms with van der Waals surface area (Å²) in [6.07, 6.45) is 0.381. The van der Waals surface area contributed by atoms with Crippen molar-refractivity contribution in [2.45, 2.75) is 26.3 Å². The lowest BCUT2D eigenvalue weighted by molar-refractivity contribution is -0.147. The summed E-state index contributed by atoms with van der Waals surface area (Å²) < 4.78 is 0.827. The van der Waals surface area contributed by atoms with E-state index < -0.39 is 11.4 Å². The van der Waals surface area contributed by atoms with Crippen molar-refractivity contribution in [1.82, 2.24) is 0 Å². The molecule has 3 N–H and O–H groups in total. The standard InChI is InChI=1S/C10H13BrClNO2S/c1-10(2,9(14)15)4-6(13)7-3-5(12)8(11)16-7/h3,6H,4,13H2,1-2H3,(H,14,15). The van der Waals surface area contributed by atoms with Crippen molar-refractivity contribution in [2.24, 2.45) is 11.1 Å². The van der Waals surface area contributed by atoms with E-state index in [1.807, 2.05) is 0 Å². The molecular weight excluding hydrogens is 314 g/mol. The van der Waals surface area contributed by atoms with E-state index in [2.05, 4.69) is 15.9 Å². The molecule has 0 spiro atoms. The normalized spacial score (nSPS) is 13.8. The number of nitrogens with two attached hydrogens (primary N) is 1. The first-order chi connectivity index (χ1) is 7.24. The third-order valence-corrected chi connectivity index (χ3v) is 4.95. The van der Waals surface area contributed by atoms with E-state index in [-0.39, 0.29) is 6.04 Å². The van der Waals surface area contributed by atoms with E-state index in [9.17, 15) is 4.79 Å². The quantitative estimate of drug-likeness (QED) is 0.887. The Bertz CT molecular complexity index is 386. The number of hydrogen-bond donors (Lipinski definition) is 2. The molecule has 6 heteroatoms. The van der Waals surface area contributed by atoms with Gasteiger partial charge >= 0.3 is 5.97 Å². The minimum Gasteiger partial charge on any atom is -0.481 e. The molecule has 1 rings (SSSR count). The molecule has 0 saturated heterocycles. The molecule has 1 aromatic rings. The predicted octanol–water partition coefficient (Wildman–Crippen LogP) is 3.66. The Labute approximate surface area is 112 Å². The maximum atomic E-state index is 11.0. The Morgan fingerprint density at radius 2 is 2.31 bits per heavy atom. The monoisotopic (exact) mass is 325 g/mol. The van der Waals surface area contributed by atoms with Gasteiger partial charge in [-0.15, -0.1) is 11.3 Å². The van der Waals surface area contributed by atoms with Crippen LogP contribution in [-0.4, -0.2) is 11.1 Å². The average Bonchev–Trinajstić information content (AvgIpc) is 2.46. The molecule has 0 saturated carbocycles. The van der Waals surface area contributed by atoms with Gasteiger partial charge in [0.15, 0.2) is 0 Å². The highest BCUT2D eigenvalue weighted by molar-refractivity contribution is 9.11. The van der Waals surface area contributed by atoms with Crippen LogP contribution in [0, 0.1) is 5.41 Å². The predicted molar refractivity (Wildman–Crippen MR) is 70.0 cm³/mol. The van der Waals surface area contributed by atoms with E-state index in [0.717, 1.165) is 8.66 Å². The van der Waals surface area contributed by atoms with Crippen LogP contribution >= 0.6 is 38.9 Å². The topological polar surface area (TPSA) is 63.3 Å². The van der Waals surface area contributed by atoms with Crippen molar-refractivity contribution in [3.8, 4) is 0 Å². The van der Waals surface area contributed by atoms with Gasteiger partial charge in [-0.05, 0) is 42.3 Å². The second kappa shape index (κ2) is 5.04. The maximum Gasteiger partial charge on any atom is 0.309 e. The van der Waals surface area contributed by atoms with Gasteiger partial charge < -0.3 is 10.8 Å². The lowest BCUT2D eigenvalue weighted by atomic mass is 9.86. The molecule has 1 aromatic heterocycles. The van der Waals surface area contributed by atoms with Crippen LogP contribution in [0.5, 0.6) is 0 Å². The molecule has 16 heavy (non-hydrogen) atoms. The minimum atomic E-state index is -0.843. The van der Waals surface area contributed by atoms with Gasteiger partial charge in [-0.2, -0.15) is 0 Å². The third kappa shape index (κ3) is 3.20. The van der Waals surface area contributed by atoms with E-state index in [0.29, 0.717) is 11.4 Å². The van der Waals surface area contributed by atoms with Crippen molar-refractivity contribution in [1.29, 1.82) is 0 Å². The third-order valence-electron chi connectivity index (χ3n) is 2.34. The maximum absolute atomic E-state index is 11.0. The van der Waals surface area contributed by atoms with E-state index in [1.54, 1.807) is 19.9 Å². The van der Waals surface area contributed by atoms with Crippen LogP contribution in [0.1, 0.15) is 31.2 Å². The number of halogens is 2. The Hall–Kier alpha value is -0.100. The molecule has 0 aliphatic heterocycles. The average molecular weight is 327 g/mol. The summed E-state index contributed by atoms with van der Waals surface area (Å²) in [5.74, 6) is -0.843. The summed E-state index contributed by atoms with van der Waals surface area (Å²) in [7, 11) is 0. The molecule has 1 atom stereocenters. The van der Waals surface area contributed by atoms with Crippen LogP contribution in [0.3, 0.4) is 0 Å². The Morgan fingerprint density at radius 1 is 1.75 bits per heavy atom. The fourth-order valence-electron chi connectivity index (χ4n) is 1.28. The Balaban J connectivity index is 2.80. The number of carboxylic acids is 1. The zero-order valence-corrected chi connectivity index (χ0v) is 12.1. The molecular formula is C10H13BrClNO2S. The number of carbonyl (C=O) groups is 1. The smallest absolute Gasteiger partial charge is 0.309 e. The lowest BCUT2D eigenvalue weighted by Crippen LogP contribution is -2.28. The molecule has 3 nitrogen and oxygen atoms in total. The molecule has 0 amide bonds. The summed E-state index contributed by atoms with van der Waals surface area (Å²) in [5, 5.41) is 9.62. The molecule has 0 aliphatic rings. The Kier molecular flexibility index (Phi) is 4.40. The summed E-state index contributed by atoms with van der Waals surface area (Å²) in [6.45, 7) is 3.33. The Morgan fingerprint density at radius 3 is 2.69 bits per heavy atom. The molecule has 0 aromatic carbocycles. The van der Waals surface area contributed by atoms with Gasteiger partial charge in [0.2, 0.25) is 0 Å². The summed E-state index contributed by atoms with van der Waals surface area (Å²) >= 11 is 10.6. The highest BCUT2D eigenvalue weighted by Gasteiger charge is 2.30. The molecule has 0 aliphatic carbocycles. The molecule has 0 radical (unpaired) electrons. The summed E-state index contributed by atoms with van der Waals surface area (Å²) in [5.41, 5.74) is 5.14. The number of thiophene rings is 1. The number of aliphatic carboxylic acids is 1. The van der Waals surface area contributed by atoms with E-state index in [4.69, 9.17) is 22.4 Å². The fourth-order valence-corrected chi connectivity index (χ4v) is 3.03. The van der Waals surface area contributed by atoms with Crippen LogP contribution in [0.25, 0.3) is 0 Å². The molecule has 0 bridgehead atoms.